The number of anilines is 1. The molecule has 0 atom stereocenters. The Hall–Kier alpha value is -3.55. The van der Waals surface area contributed by atoms with E-state index in [2.05, 4.69) is 10.3 Å². The third kappa shape index (κ3) is 3.44. The summed E-state index contributed by atoms with van der Waals surface area (Å²) in [6.45, 7) is 3.55. The molecule has 0 aliphatic carbocycles. The zero-order valence-corrected chi connectivity index (χ0v) is 14.2. The fourth-order valence-electron chi connectivity index (χ4n) is 2.59. The van der Waals surface area contributed by atoms with E-state index < -0.39 is 10.5 Å². The van der Waals surface area contributed by atoms with Crippen molar-refractivity contribution in [3.05, 3.63) is 74.3 Å². The first-order valence-electron chi connectivity index (χ1n) is 7.86. The van der Waals surface area contributed by atoms with Gasteiger partial charge in [-0.3, -0.25) is 24.3 Å². The second-order valence-electron chi connectivity index (χ2n) is 6.00. The number of aromatic nitrogens is 2. The predicted molar refractivity (Wildman–Crippen MR) is 97.2 cm³/mol. The van der Waals surface area contributed by atoms with Crippen LogP contribution in [0.5, 0.6) is 0 Å². The molecule has 0 bridgehead atoms. The summed E-state index contributed by atoms with van der Waals surface area (Å²) in [5, 5.41) is 13.8. The molecule has 1 heterocycles. The van der Waals surface area contributed by atoms with E-state index in [4.69, 9.17) is 0 Å². The number of nitro groups is 1. The van der Waals surface area contributed by atoms with E-state index in [-0.39, 0.29) is 23.5 Å². The van der Waals surface area contributed by atoms with Crippen LogP contribution in [0.3, 0.4) is 0 Å². The number of aryl methyl sites for hydroxylation is 2. The third-order valence-electron chi connectivity index (χ3n) is 4.00. The van der Waals surface area contributed by atoms with Gasteiger partial charge in [0.25, 0.3) is 11.2 Å². The predicted octanol–water partition coefficient (Wildman–Crippen LogP) is 2.56. The molecule has 132 valence electrons. The summed E-state index contributed by atoms with van der Waals surface area (Å²) in [4.78, 5) is 39.2. The van der Waals surface area contributed by atoms with Gasteiger partial charge in [0.1, 0.15) is 6.54 Å². The van der Waals surface area contributed by atoms with E-state index in [1.165, 1.54) is 24.5 Å². The lowest BCUT2D eigenvalue weighted by Gasteiger charge is -2.10. The van der Waals surface area contributed by atoms with E-state index in [0.29, 0.717) is 11.2 Å². The van der Waals surface area contributed by atoms with E-state index in [1.54, 1.807) is 0 Å². The lowest BCUT2D eigenvalue weighted by atomic mass is 10.1. The molecule has 1 amide bonds. The number of non-ortho nitro benzene ring substituents is 1. The Bertz CT molecular complexity index is 1090. The molecule has 2 aromatic carbocycles. The maximum Gasteiger partial charge on any atom is 0.270 e. The summed E-state index contributed by atoms with van der Waals surface area (Å²) in [5.41, 5.74) is 2.22. The molecule has 26 heavy (non-hydrogen) atoms. The minimum absolute atomic E-state index is 0.0984. The number of rotatable bonds is 4. The Balaban J connectivity index is 1.89. The molecule has 0 unspecified atom stereocenters. The summed E-state index contributed by atoms with van der Waals surface area (Å²) >= 11 is 0. The number of nitrogens with one attached hydrogen (secondary N) is 1. The van der Waals surface area contributed by atoms with Crippen molar-refractivity contribution in [2.75, 3.05) is 5.32 Å². The fraction of sp³-hybridized carbons (Fsp3) is 0.167. The van der Waals surface area contributed by atoms with Crippen molar-refractivity contribution in [3.8, 4) is 0 Å². The Morgan fingerprint density at radius 1 is 1.23 bits per heavy atom. The van der Waals surface area contributed by atoms with Gasteiger partial charge < -0.3 is 5.32 Å². The monoisotopic (exact) mass is 352 g/mol. The molecular formula is C18H16N4O4. The summed E-state index contributed by atoms with van der Waals surface area (Å²) in [5.74, 6) is -0.382. The summed E-state index contributed by atoms with van der Waals surface area (Å²) < 4.78 is 1.13. The second-order valence-corrected chi connectivity index (χ2v) is 6.00. The molecular weight excluding hydrogens is 336 g/mol. The molecule has 3 aromatic rings. The number of fused-ring (bicyclic) bond motifs is 1. The van der Waals surface area contributed by atoms with Crippen molar-refractivity contribution in [1.29, 1.82) is 0 Å². The number of hydrogen-bond donors (Lipinski definition) is 1. The highest BCUT2D eigenvalue weighted by atomic mass is 16.6. The van der Waals surface area contributed by atoms with Crippen LogP contribution in [0.15, 0.2) is 47.5 Å². The van der Waals surface area contributed by atoms with Crippen LogP contribution in [-0.4, -0.2) is 20.4 Å². The number of hydrogen-bond acceptors (Lipinski definition) is 5. The average Bonchev–Trinajstić information content (AvgIpc) is 2.60. The van der Waals surface area contributed by atoms with Crippen molar-refractivity contribution >= 4 is 28.2 Å². The zero-order chi connectivity index (χ0) is 18.8. The summed E-state index contributed by atoms with van der Waals surface area (Å²) in [7, 11) is 0. The molecule has 8 nitrogen and oxygen atoms in total. The van der Waals surface area contributed by atoms with Crippen LogP contribution in [0.25, 0.3) is 10.9 Å². The number of benzene rings is 2. The largest absolute Gasteiger partial charge is 0.324 e. The van der Waals surface area contributed by atoms with Gasteiger partial charge in [0.05, 0.1) is 22.2 Å². The quantitative estimate of drug-likeness (QED) is 0.573. The van der Waals surface area contributed by atoms with Gasteiger partial charge in [0, 0.05) is 17.8 Å². The van der Waals surface area contributed by atoms with Crippen LogP contribution in [0.2, 0.25) is 0 Å². The van der Waals surface area contributed by atoms with Gasteiger partial charge >= 0.3 is 0 Å². The molecule has 8 heteroatoms. The van der Waals surface area contributed by atoms with Crippen molar-refractivity contribution in [1.82, 2.24) is 9.55 Å². The maximum absolute atomic E-state index is 12.5. The molecule has 1 N–H and O–H groups in total. The molecule has 0 fully saturated rings. The zero-order valence-electron chi connectivity index (χ0n) is 14.2. The van der Waals surface area contributed by atoms with E-state index >= 15 is 0 Å². The molecule has 0 saturated heterocycles. The number of nitro benzene ring substituents is 1. The van der Waals surface area contributed by atoms with Gasteiger partial charge in [-0.2, -0.15) is 0 Å². The summed E-state index contributed by atoms with van der Waals surface area (Å²) in [6, 6.07) is 9.55. The minimum Gasteiger partial charge on any atom is -0.324 e. The van der Waals surface area contributed by atoms with Crippen LogP contribution in [0.4, 0.5) is 11.4 Å². The van der Waals surface area contributed by atoms with Crippen LogP contribution in [-0.2, 0) is 11.3 Å². The first-order valence-corrected chi connectivity index (χ1v) is 7.86. The van der Waals surface area contributed by atoms with E-state index in [0.717, 1.165) is 15.7 Å². The molecule has 0 aliphatic rings. The standard InChI is InChI=1S/C18H16N4O4/c1-11-3-4-12(2)16(7-11)20-17(23)9-21-10-19-15-6-5-13(22(25)26)8-14(15)18(21)24/h3-8,10H,9H2,1-2H3,(H,20,23). The van der Waals surface area contributed by atoms with Crippen LogP contribution in [0.1, 0.15) is 11.1 Å². The van der Waals surface area contributed by atoms with Crippen molar-refractivity contribution in [2.24, 2.45) is 0 Å². The van der Waals surface area contributed by atoms with E-state index in [9.17, 15) is 19.7 Å². The topological polar surface area (TPSA) is 107 Å². The van der Waals surface area contributed by atoms with Crippen LogP contribution >= 0.6 is 0 Å². The third-order valence-corrected chi connectivity index (χ3v) is 4.00. The normalized spacial score (nSPS) is 10.7. The second kappa shape index (κ2) is 6.75. The van der Waals surface area contributed by atoms with Crippen molar-refractivity contribution in [2.45, 2.75) is 20.4 Å². The molecule has 0 radical (unpaired) electrons. The summed E-state index contributed by atoms with van der Waals surface area (Å²) in [6.07, 6.45) is 1.26. The van der Waals surface area contributed by atoms with Gasteiger partial charge in [-0.25, -0.2) is 4.98 Å². The van der Waals surface area contributed by atoms with Gasteiger partial charge in [-0.1, -0.05) is 12.1 Å². The molecule has 1 aromatic heterocycles. The molecule has 0 aliphatic heterocycles. The Morgan fingerprint density at radius 3 is 2.73 bits per heavy atom. The number of nitrogens with zero attached hydrogens (tertiary/aromatic N) is 3. The number of carbonyl (C=O) groups is 1. The number of carbonyl (C=O) groups excluding carboxylic acids is 1. The maximum atomic E-state index is 12.5. The Morgan fingerprint density at radius 2 is 2.00 bits per heavy atom. The molecule has 0 spiro atoms. The highest BCUT2D eigenvalue weighted by molar-refractivity contribution is 5.91. The van der Waals surface area contributed by atoms with Crippen molar-refractivity contribution < 1.29 is 9.72 Å². The van der Waals surface area contributed by atoms with Gasteiger partial charge in [0.2, 0.25) is 5.91 Å². The van der Waals surface area contributed by atoms with E-state index in [1.807, 2.05) is 32.0 Å². The number of amides is 1. The first-order chi connectivity index (χ1) is 12.3. The lowest BCUT2D eigenvalue weighted by molar-refractivity contribution is -0.384. The lowest BCUT2D eigenvalue weighted by Crippen LogP contribution is -2.28. The first kappa shape index (κ1) is 17.3. The highest BCUT2D eigenvalue weighted by Gasteiger charge is 2.13. The molecule has 0 saturated carbocycles. The smallest absolute Gasteiger partial charge is 0.270 e. The fourth-order valence-corrected chi connectivity index (χ4v) is 2.59. The highest BCUT2D eigenvalue weighted by Crippen LogP contribution is 2.17. The van der Waals surface area contributed by atoms with Crippen LogP contribution < -0.4 is 10.9 Å². The Labute approximate surface area is 148 Å². The SMILES string of the molecule is Cc1ccc(C)c(NC(=O)Cn2cnc3ccc([N+](=O)[O-])cc3c2=O)c1. The average molecular weight is 352 g/mol. The van der Waals surface area contributed by atoms with Gasteiger partial charge in [-0.05, 0) is 37.1 Å². The van der Waals surface area contributed by atoms with Gasteiger partial charge in [-0.15, -0.1) is 0 Å². The molecule has 3 rings (SSSR count). The Kier molecular flexibility index (Phi) is 4.49. The van der Waals surface area contributed by atoms with Gasteiger partial charge in [0.15, 0.2) is 0 Å². The van der Waals surface area contributed by atoms with Crippen LogP contribution in [0, 0.1) is 24.0 Å². The minimum atomic E-state index is -0.580. The van der Waals surface area contributed by atoms with Crippen molar-refractivity contribution in [3.63, 3.8) is 0 Å².